The number of ether oxygens (including phenoxy) is 2. The number of benzene rings is 2. The highest BCUT2D eigenvalue weighted by Gasteiger charge is 2.23. The fraction of sp³-hybridized carbons (Fsp3) is 0.333. The summed E-state index contributed by atoms with van der Waals surface area (Å²) in [4.78, 5) is 22.6. The summed E-state index contributed by atoms with van der Waals surface area (Å²) in [6, 6.07) is 13.9. The Balaban J connectivity index is 1.28. The highest BCUT2D eigenvalue weighted by molar-refractivity contribution is 5.92. The molecule has 1 aliphatic heterocycles. The molecule has 3 heterocycles. The van der Waals surface area contributed by atoms with Crippen LogP contribution < -0.4 is 19.3 Å². The Morgan fingerprint density at radius 1 is 0.892 bits per heavy atom. The van der Waals surface area contributed by atoms with Gasteiger partial charge in [0.2, 0.25) is 5.95 Å². The van der Waals surface area contributed by atoms with Gasteiger partial charge in [0, 0.05) is 56.4 Å². The number of piperazine rings is 1. The lowest BCUT2D eigenvalue weighted by Crippen LogP contribution is -2.47. The SMILES string of the molecule is COc1cc2ncnc(N3CCN(c4ncc(Cc5ccccc5)cn4)CC3)c2cc1OCC(O)CO. The third-order valence-electron chi connectivity index (χ3n) is 6.35. The Labute approximate surface area is 215 Å². The summed E-state index contributed by atoms with van der Waals surface area (Å²) in [6.45, 7) is 2.56. The summed E-state index contributed by atoms with van der Waals surface area (Å²) in [5.74, 6) is 2.49. The average Bonchev–Trinajstić information content (AvgIpc) is 2.96. The van der Waals surface area contributed by atoms with Gasteiger partial charge in [-0.15, -0.1) is 0 Å². The van der Waals surface area contributed by atoms with E-state index in [4.69, 9.17) is 14.6 Å². The highest BCUT2D eigenvalue weighted by atomic mass is 16.5. The van der Waals surface area contributed by atoms with Gasteiger partial charge < -0.3 is 29.5 Å². The molecule has 2 N–H and O–H groups in total. The van der Waals surface area contributed by atoms with Gasteiger partial charge in [0.1, 0.15) is 24.9 Å². The summed E-state index contributed by atoms with van der Waals surface area (Å²) < 4.78 is 11.2. The molecule has 0 radical (unpaired) electrons. The van der Waals surface area contributed by atoms with E-state index in [1.807, 2.05) is 36.7 Å². The van der Waals surface area contributed by atoms with Crippen molar-refractivity contribution in [2.24, 2.45) is 0 Å². The van der Waals surface area contributed by atoms with E-state index in [0.29, 0.717) is 11.5 Å². The molecule has 5 rings (SSSR count). The number of hydrogen-bond donors (Lipinski definition) is 2. The lowest BCUT2D eigenvalue weighted by molar-refractivity contribution is 0.0528. The maximum absolute atomic E-state index is 9.69. The minimum Gasteiger partial charge on any atom is -0.493 e. The van der Waals surface area contributed by atoms with Crippen molar-refractivity contribution in [2.75, 3.05) is 56.3 Å². The maximum atomic E-state index is 9.69. The van der Waals surface area contributed by atoms with Crippen molar-refractivity contribution in [3.05, 3.63) is 72.3 Å². The van der Waals surface area contributed by atoms with Gasteiger partial charge in [-0.25, -0.2) is 19.9 Å². The standard InChI is InChI=1S/C27H30N6O4/c1-36-24-13-23-22(12-25(24)37-17-21(35)16-34)26(31-18-30-23)32-7-9-33(10-8-32)27-28-14-20(15-29-27)11-19-5-3-2-4-6-19/h2-6,12-15,18,21,34-35H,7-11,16-17H2,1H3. The number of methoxy groups -OCH3 is 1. The summed E-state index contributed by atoms with van der Waals surface area (Å²) in [7, 11) is 1.55. The molecular formula is C27H30N6O4. The number of rotatable bonds is 9. The zero-order chi connectivity index (χ0) is 25.6. The molecule has 192 valence electrons. The molecule has 10 heteroatoms. The van der Waals surface area contributed by atoms with E-state index in [0.717, 1.165) is 60.8 Å². The van der Waals surface area contributed by atoms with E-state index in [9.17, 15) is 5.11 Å². The van der Waals surface area contributed by atoms with E-state index in [-0.39, 0.29) is 13.2 Å². The maximum Gasteiger partial charge on any atom is 0.225 e. The van der Waals surface area contributed by atoms with Crippen molar-refractivity contribution in [2.45, 2.75) is 12.5 Å². The predicted octanol–water partition coefficient (Wildman–Crippen LogP) is 2.08. The van der Waals surface area contributed by atoms with E-state index >= 15 is 0 Å². The zero-order valence-electron chi connectivity index (χ0n) is 20.7. The minimum absolute atomic E-state index is 0.0514. The normalized spacial score (nSPS) is 14.6. The van der Waals surface area contributed by atoms with Crippen molar-refractivity contribution in [1.29, 1.82) is 0 Å². The number of anilines is 2. The smallest absolute Gasteiger partial charge is 0.225 e. The molecule has 0 bridgehead atoms. The summed E-state index contributed by atoms with van der Waals surface area (Å²) in [5.41, 5.74) is 3.05. The van der Waals surface area contributed by atoms with E-state index in [2.05, 4.69) is 41.9 Å². The van der Waals surface area contributed by atoms with Gasteiger partial charge in [-0.2, -0.15) is 0 Å². The second-order valence-electron chi connectivity index (χ2n) is 8.89. The van der Waals surface area contributed by atoms with E-state index < -0.39 is 6.10 Å². The van der Waals surface area contributed by atoms with Crippen LogP contribution in [0.25, 0.3) is 10.9 Å². The first-order chi connectivity index (χ1) is 18.1. The van der Waals surface area contributed by atoms with Gasteiger partial charge in [0.15, 0.2) is 11.5 Å². The molecule has 2 aromatic carbocycles. The molecular weight excluding hydrogens is 472 g/mol. The number of aliphatic hydroxyl groups excluding tert-OH is 2. The van der Waals surface area contributed by atoms with Gasteiger partial charge >= 0.3 is 0 Å². The summed E-state index contributed by atoms with van der Waals surface area (Å²) in [5, 5.41) is 19.6. The van der Waals surface area contributed by atoms with Crippen LogP contribution in [0.1, 0.15) is 11.1 Å². The van der Waals surface area contributed by atoms with Crippen LogP contribution in [0.2, 0.25) is 0 Å². The zero-order valence-corrected chi connectivity index (χ0v) is 20.7. The number of hydrogen-bond acceptors (Lipinski definition) is 10. The molecule has 1 aliphatic rings. The lowest BCUT2D eigenvalue weighted by Gasteiger charge is -2.35. The van der Waals surface area contributed by atoms with Gasteiger partial charge in [0.25, 0.3) is 0 Å². The van der Waals surface area contributed by atoms with Crippen molar-refractivity contribution in [1.82, 2.24) is 19.9 Å². The molecule has 1 fully saturated rings. The van der Waals surface area contributed by atoms with Crippen LogP contribution in [0.3, 0.4) is 0 Å². The van der Waals surface area contributed by atoms with Gasteiger partial charge in [0.05, 0.1) is 19.2 Å². The second-order valence-corrected chi connectivity index (χ2v) is 8.89. The van der Waals surface area contributed by atoms with Crippen LogP contribution in [0.5, 0.6) is 11.5 Å². The molecule has 0 saturated carbocycles. The largest absolute Gasteiger partial charge is 0.493 e. The Hall–Kier alpha value is -4.02. The van der Waals surface area contributed by atoms with Crippen LogP contribution in [-0.4, -0.2) is 82.8 Å². The molecule has 0 amide bonds. The Morgan fingerprint density at radius 2 is 1.62 bits per heavy atom. The van der Waals surface area contributed by atoms with Crippen molar-refractivity contribution in [3.63, 3.8) is 0 Å². The summed E-state index contributed by atoms with van der Waals surface area (Å²) in [6.07, 6.45) is 5.19. The number of aliphatic hydroxyl groups is 2. The van der Waals surface area contributed by atoms with Crippen LogP contribution in [-0.2, 0) is 6.42 Å². The second kappa shape index (κ2) is 11.4. The minimum atomic E-state index is -0.977. The molecule has 37 heavy (non-hydrogen) atoms. The average molecular weight is 503 g/mol. The topological polar surface area (TPSA) is 117 Å². The van der Waals surface area contributed by atoms with E-state index in [1.165, 1.54) is 5.56 Å². The number of nitrogens with zero attached hydrogens (tertiary/aromatic N) is 6. The van der Waals surface area contributed by atoms with E-state index in [1.54, 1.807) is 19.5 Å². The molecule has 4 aromatic rings. The van der Waals surface area contributed by atoms with Crippen LogP contribution in [0.15, 0.2) is 61.2 Å². The third kappa shape index (κ3) is 5.71. The van der Waals surface area contributed by atoms with Crippen molar-refractivity contribution >= 4 is 22.7 Å². The van der Waals surface area contributed by atoms with Crippen molar-refractivity contribution in [3.8, 4) is 11.5 Å². The molecule has 1 atom stereocenters. The Morgan fingerprint density at radius 3 is 2.32 bits per heavy atom. The Kier molecular flexibility index (Phi) is 7.57. The molecule has 0 aliphatic carbocycles. The molecule has 1 saturated heterocycles. The molecule has 2 aromatic heterocycles. The fourth-order valence-corrected chi connectivity index (χ4v) is 4.37. The molecule has 10 nitrogen and oxygen atoms in total. The van der Waals surface area contributed by atoms with Gasteiger partial charge in [-0.05, 0) is 17.2 Å². The summed E-state index contributed by atoms with van der Waals surface area (Å²) >= 11 is 0. The lowest BCUT2D eigenvalue weighted by atomic mass is 10.1. The monoisotopic (exact) mass is 502 g/mol. The highest BCUT2D eigenvalue weighted by Crippen LogP contribution is 2.35. The van der Waals surface area contributed by atoms with Crippen LogP contribution in [0, 0.1) is 0 Å². The predicted molar refractivity (Wildman–Crippen MR) is 140 cm³/mol. The first-order valence-corrected chi connectivity index (χ1v) is 12.2. The third-order valence-corrected chi connectivity index (χ3v) is 6.35. The van der Waals surface area contributed by atoms with Crippen LogP contribution >= 0.6 is 0 Å². The molecule has 1 unspecified atom stereocenters. The molecule has 0 spiro atoms. The van der Waals surface area contributed by atoms with Crippen molar-refractivity contribution < 1.29 is 19.7 Å². The van der Waals surface area contributed by atoms with Gasteiger partial charge in [-0.1, -0.05) is 30.3 Å². The fourth-order valence-electron chi connectivity index (χ4n) is 4.37. The first kappa shape index (κ1) is 24.7. The number of aromatic nitrogens is 4. The van der Waals surface area contributed by atoms with Crippen LogP contribution in [0.4, 0.5) is 11.8 Å². The number of fused-ring (bicyclic) bond motifs is 1. The first-order valence-electron chi connectivity index (χ1n) is 12.2. The van der Waals surface area contributed by atoms with Gasteiger partial charge in [-0.3, -0.25) is 0 Å². The Bertz CT molecular complexity index is 1310. The quantitative estimate of drug-likeness (QED) is 0.352.